The molecule has 2 aliphatic rings. The van der Waals surface area contributed by atoms with Crippen molar-refractivity contribution in [3.05, 3.63) is 11.1 Å². The molecule has 5 nitrogen and oxygen atoms in total. The maximum Gasteiger partial charge on any atom is 0.311 e. The molecule has 0 aromatic heterocycles. The second kappa shape index (κ2) is 4.72. The Labute approximate surface area is 107 Å². The fraction of sp³-hybridized carbons (Fsp3) is 0.692. The van der Waals surface area contributed by atoms with Crippen LogP contribution in [0.1, 0.15) is 26.7 Å². The molecule has 0 aromatic rings. The molecule has 2 N–H and O–H groups in total. The van der Waals surface area contributed by atoms with Crippen LogP contribution in [-0.4, -0.2) is 48.1 Å². The summed E-state index contributed by atoms with van der Waals surface area (Å²) in [4.78, 5) is 25.3. The van der Waals surface area contributed by atoms with E-state index in [1.165, 1.54) is 0 Å². The van der Waals surface area contributed by atoms with Crippen LogP contribution in [0, 0.1) is 5.41 Å². The zero-order chi connectivity index (χ0) is 13.3. The molecule has 0 aliphatic carbocycles. The van der Waals surface area contributed by atoms with Gasteiger partial charge < -0.3 is 15.3 Å². The maximum absolute atomic E-state index is 12.3. The van der Waals surface area contributed by atoms with Gasteiger partial charge in [0.05, 0.1) is 5.41 Å². The molecule has 2 saturated heterocycles. The number of nitrogens with zero attached hydrogens (tertiary/aromatic N) is 1. The molecule has 0 spiro atoms. The summed E-state index contributed by atoms with van der Waals surface area (Å²) < 4.78 is 0. The Balaban J connectivity index is 2.09. The molecule has 2 fully saturated rings. The molecule has 1 unspecified atom stereocenters. The zero-order valence-corrected chi connectivity index (χ0v) is 11.0. The van der Waals surface area contributed by atoms with Crippen LogP contribution in [0.5, 0.6) is 0 Å². The van der Waals surface area contributed by atoms with E-state index in [2.05, 4.69) is 5.32 Å². The molecule has 1 atom stereocenters. The second-order valence-electron chi connectivity index (χ2n) is 5.25. The van der Waals surface area contributed by atoms with Gasteiger partial charge in [-0.15, -0.1) is 0 Å². The lowest BCUT2D eigenvalue weighted by atomic mass is 9.84. The molecule has 2 rings (SSSR count). The number of likely N-dealkylation sites (tertiary alicyclic amines) is 1. The monoisotopic (exact) mass is 252 g/mol. The number of carbonyl (C=O) groups excluding carboxylic acids is 1. The SMILES string of the molecule is CCC1(C(=O)O)CCN(C(=O)C(C)=C2CNC2)C1. The largest absolute Gasteiger partial charge is 0.481 e. The summed E-state index contributed by atoms with van der Waals surface area (Å²) in [6.45, 7) is 6.17. The number of amides is 1. The van der Waals surface area contributed by atoms with Gasteiger partial charge >= 0.3 is 5.97 Å². The summed E-state index contributed by atoms with van der Waals surface area (Å²) in [5.41, 5.74) is 1.19. The van der Waals surface area contributed by atoms with Gasteiger partial charge in [-0.05, 0) is 25.3 Å². The highest BCUT2D eigenvalue weighted by Crippen LogP contribution is 2.35. The van der Waals surface area contributed by atoms with Gasteiger partial charge in [0.25, 0.3) is 0 Å². The fourth-order valence-electron chi connectivity index (χ4n) is 2.56. The smallest absolute Gasteiger partial charge is 0.311 e. The van der Waals surface area contributed by atoms with E-state index in [1.807, 2.05) is 13.8 Å². The van der Waals surface area contributed by atoms with Crippen molar-refractivity contribution in [1.82, 2.24) is 10.2 Å². The average molecular weight is 252 g/mol. The molecule has 2 aliphatic heterocycles. The van der Waals surface area contributed by atoms with Gasteiger partial charge in [0.1, 0.15) is 0 Å². The van der Waals surface area contributed by atoms with Crippen LogP contribution in [0.3, 0.4) is 0 Å². The van der Waals surface area contributed by atoms with E-state index in [1.54, 1.807) is 4.90 Å². The predicted octanol–water partition coefficient (Wildman–Crippen LogP) is 0.619. The number of aliphatic carboxylic acids is 1. The molecule has 18 heavy (non-hydrogen) atoms. The van der Waals surface area contributed by atoms with Crippen molar-refractivity contribution < 1.29 is 14.7 Å². The molecular weight excluding hydrogens is 232 g/mol. The normalized spacial score (nSPS) is 27.0. The molecule has 5 heteroatoms. The number of carbonyl (C=O) groups is 2. The molecule has 0 saturated carbocycles. The summed E-state index contributed by atoms with van der Waals surface area (Å²) in [7, 11) is 0. The highest BCUT2D eigenvalue weighted by Gasteiger charge is 2.45. The van der Waals surface area contributed by atoms with E-state index in [-0.39, 0.29) is 5.91 Å². The van der Waals surface area contributed by atoms with Crippen LogP contribution in [0.2, 0.25) is 0 Å². The quantitative estimate of drug-likeness (QED) is 0.722. The predicted molar refractivity (Wildman–Crippen MR) is 67.1 cm³/mol. The third-order valence-corrected chi connectivity index (χ3v) is 4.30. The van der Waals surface area contributed by atoms with Crippen molar-refractivity contribution in [3.8, 4) is 0 Å². The van der Waals surface area contributed by atoms with Gasteiger partial charge in [-0.2, -0.15) is 0 Å². The number of hydrogen-bond acceptors (Lipinski definition) is 3. The number of hydrogen-bond donors (Lipinski definition) is 2. The van der Waals surface area contributed by atoms with Crippen molar-refractivity contribution in [1.29, 1.82) is 0 Å². The highest BCUT2D eigenvalue weighted by molar-refractivity contribution is 5.94. The number of carboxylic acids is 1. The molecule has 100 valence electrons. The maximum atomic E-state index is 12.3. The summed E-state index contributed by atoms with van der Waals surface area (Å²) in [6, 6.07) is 0. The Morgan fingerprint density at radius 2 is 2.11 bits per heavy atom. The zero-order valence-electron chi connectivity index (χ0n) is 11.0. The van der Waals surface area contributed by atoms with Crippen LogP contribution in [-0.2, 0) is 9.59 Å². The fourth-order valence-corrected chi connectivity index (χ4v) is 2.56. The Bertz CT molecular complexity index is 410. The van der Waals surface area contributed by atoms with Gasteiger partial charge in [0, 0.05) is 31.8 Å². The number of carboxylic acid groups (broad SMARTS) is 1. The first kappa shape index (κ1) is 13.1. The summed E-state index contributed by atoms with van der Waals surface area (Å²) >= 11 is 0. The number of rotatable bonds is 3. The van der Waals surface area contributed by atoms with Crippen LogP contribution in [0.15, 0.2) is 11.1 Å². The van der Waals surface area contributed by atoms with Crippen LogP contribution in [0.4, 0.5) is 0 Å². The minimum Gasteiger partial charge on any atom is -0.481 e. The number of nitrogens with one attached hydrogen (secondary N) is 1. The Morgan fingerprint density at radius 3 is 2.50 bits per heavy atom. The van der Waals surface area contributed by atoms with Gasteiger partial charge in [0.15, 0.2) is 0 Å². The van der Waals surface area contributed by atoms with Gasteiger partial charge in [0.2, 0.25) is 5.91 Å². The first-order valence-corrected chi connectivity index (χ1v) is 6.42. The molecule has 0 radical (unpaired) electrons. The standard InChI is InChI=1S/C13H20N2O3/c1-3-13(12(17)18)4-5-15(8-13)11(16)9(2)10-6-14-7-10/h14H,3-8H2,1-2H3,(H,17,18). The minimum atomic E-state index is -0.782. The van der Waals surface area contributed by atoms with E-state index >= 15 is 0 Å². The molecular formula is C13H20N2O3. The van der Waals surface area contributed by atoms with E-state index < -0.39 is 11.4 Å². The first-order valence-electron chi connectivity index (χ1n) is 6.42. The lowest BCUT2D eigenvalue weighted by molar-refractivity contribution is -0.148. The average Bonchev–Trinajstić information content (AvgIpc) is 2.71. The second-order valence-corrected chi connectivity index (χ2v) is 5.25. The van der Waals surface area contributed by atoms with Crippen LogP contribution in [0.25, 0.3) is 0 Å². The van der Waals surface area contributed by atoms with Gasteiger partial charge in [-0.25, -0.2) is 0 Å². The summed E-state index contributed by atoms with van der Waals surface area (Å²) in [5.74, 6) is -0.779. The Hall–Kier alpha value is -1.36. The van der Waals surface area contributed by atoms with E-state index in [0.29, 0.717) is 25.9 Å². The van der Waals surface area contributed by atoms with Crippen molar-refractivity contribution in [3.63, 3.8) is 0 Å². The lowest BCUT2D eigenvalue weighted by Crippen LogP contribution is -2.40. The van der Waals surface area contributed by atoms with Crippen molar-refractivity contribution in [2.75, 3.05) is 26.2 Å². The first-order chi connectivity index (χ1) is 8.50. The van der Waals surface area contributed by atoms with Crippen molar-refractivity contribution >= 4 is 11.9 Å². The summed E-state index contributed by atoms with van der Waals surface area (Å²) in [6.07, 6.45) is 1.13. The topological polar surface area (TPSA) is 69.6 Å². The molecule has 2 heterocycles. The third-order valence-electron chi connectivity index (χ3n) is 4.30. The Morgan fingerprint density at radius 1 is 1.44 bits per heavy atom. The summed E-state index contributed by atoms with van der Waals surface area (Å²) in [5, 5.41) is 12.4. The molecule has 1 amide bonds. The highest BCUT2D eigenvalue weighted by atomic mass is 16.4. The van der Waals surface area contributed by atoms with Crippen LogP contribution < -0.4 is 5.32 Å². The third kappa shape index (κ3) is 2.03. The van der Waals surface area contributed by atoms with Crippen LogP contribution >= 0.6 is 0 Å². The van der Waals surface area contributed by atoms with E-state index in [0.717, 1.165) is 24.2 Å². The minimum absolute atomic E-state index is 0.00285. The molecule has 0 aromatic carbocycles. The van der Waals surface area contributed by atoms with E-state index in [4.69, 9.17) is 0 Å². The van der Waals surface area contributed by atoms with E-state index in [9.17, 15) is 14.7 Å². The van der Waals surface area contributed by atoms with Crippen molar-refractivity contribution in [2.24, 2.45) is 5.41 Å². The Kier molecular flexibility index (Phi) is 3.43. The molecule has 0 bridgehead atoms. The van der Waals surface area contributed by atoms with Gasteiger partial charge in [-0.1, -0.05) is 6.92 Å². The van der Waals surface area contributed by atoms with Gasteiger partial charge in [-0.3, -0.25) is 9.59 Å². The van der Waals surface area contributed by atoms with Crippen molar-refractivity contribution in [2.45, 2.75) is 26.7 Å². The lowest BCUT2D eigenvalue weighted by Gasteiger charge is -2.26.